The summed E-state index contributed by atoms with van der Waals surface area (Å²) in [7, 11) is 0. The van der Waals surface area contributed by atoms with Crippen LogP contribution < -0.4 is 11.1 Å². The fourth-order valence-corrected chi connectivity index (χ4v) is 1.87. The Morgan fingerprint density at radius 1 is 1.26 bits per heavy atom. The van der Waals surface area contributed by atoms with Crippen molar-refractivity contribution in [2.45, 2.75) is 26.8 Å². The number of carbonyl (C=O) groups is 1. The zero-order valence-corrected chi connectivity index (χ0v) is 11.4. The van der Waals surface area contributed by atoms with Crippen LogP contribution >= 0.6 is 0 Å². The lowest BCUT2D eigenvalue weighted by Crippen LogP contribution is -2.39. The standard InChI is InChI=1S/C14H20F2N2O/c1-8(2)11(7-17)14(19)18-9(3)10-4-5-12(15)13(16)6-10/h4-6,8-9,11H,7,17H2,1-3H3,(H,18,19). The number of nitrogens with one attached hydrogen (secondary N) is 1. The molecule has 0 radical (unpaired) electrons. The van der Waals surface area contributed by atoms with E-state index >= 15 is 0 Å². The molecule has 0 fully saturated rings. The Balaban J connectivity index is 2.76. The first-order valence-corrected chi connectivity index (χ1v) is 6.32. The van der Waals surface area contributed by atoms with Gasteiger partial charge in [-0.25, -0.2) is 8.78 Å². The molecule has 1 aromatic carbocycles. The van der Waals surface area contributed by atoms with Crippen molar-refractivity contribution < 1.29 is 13.6 Å². The minimum Gasteiger partial charge on any atom is -0.349 e. The van der Waals surface area contributed by atoms with E-state index in [4.69, 9.17) is 5.73 Å². The van der Waals surface area contributed by atoms with Crippen LogP contribution in [-0.2, 0) is 4.79 Å². The average Bonchev–Trinajstić information content (AvgIpc) is 2.32. The molecule has 0 aliphatic carbocycles. The van der Waals surface area contributed by atoms with Gasteiger partial charge in [-0.2, -0.15) is 0 Å². The predicted molar refractivity (Wildman–Crippen MR) is 70.3 cm³/mol. The van der Waals surface area contributed by atoms with E-state index in [0.717, 1.165) is 12.1 Å². The largest absolute Gasteiger partial charge is 0.349 e. The third-order valence-corrected chi connectivity index (χ3v) is 3.20. The number of halogens is 2. The van der Waals surface area contributed by atoms with Crippen molar-refractivity contribution in [3.05, 3.63) is 35.4 Å². The molecule has 2 unspecified atom stereocenters. The highest BCUT2D eigenvalue weighted by Gasteiger charge is 2.22. The van der Waals surface area contributed by atoms with Crippen LogP contribution in [0.3, 0.4) is 0 Å². The van der Waals surface area contributed by atoms with Gasteiger partial charge in [-0.1, -0.05) is 19.9 Å². The molecule has 0 heterocycles. The lowest BCUT2D eigenvalue weighted by atomic mass is 9.94. The maximum Gasteiger partial charge on any atom is 0.225 e. The van der Waals surface area contributed by atoms with E-state index in [1.165, 1.54) is 6.07 Å². The fourth-order valence-electron chi connectivity index (χ4n) is 1.87. The van der Waals surface area contributed by atoms with Crippen LogP contribution in [-0.4, -0.2) is 12.5 Å². The molecular formula is C14H20F2N2O. The summed E-state index contributed by atoms with van der Waals surface area (Å²) in [5.41, 5.74) is 6.08. The summed E-state index contributed by atoms with van der Waals surface area (Å²) in [5, 5.41) is 2.77. The van der Waals surface area contributed by atoms with Gasteiger partial charge < -0.3 is 11.1 Å². The quantitative estimate of drug-likeness (QED) is 0.863. The Morgan fingerprint density at radius 2 is 1.89 bits per heavy atom. The van der Waals surface area contributed by atoms with Crippen molar-refractivity contribution in [1.82, 2.24) is 5.32 Å². The van der Waals surface area contributed by atoms with E-state index in [0.29, 0.717) is 5.56 Å². The summed E-state index contributed by atoms with van der Waals surface area (Å²) in [5.74, 6) is -2.15. The van der Waals surface area contributed by atoms with E-state index in [1.54, 1.807) is 6.92 Å². The van der Waals surface area contributed by atoms with Crippen molar-refractivity contribution in [1.29, 1.82) is 0 Å². The second-order valence-electron chi connectivity index (χ2n) is 4.99. The van der Waals surface area contributed by atoms with Gasteiger partial charge >= 0.3 is 0 Å². The van der Waals surface area contributed by atoms with Crippen LogP contribution in [0.15, 0.2) is 18.2 Å². The molecule has 3 nitrogen and oxygen atoms in total. The first-order valence-electron chi connectivity index (χ1n) is 6.32. The molecule has 3 N–H and O–H groups in total. The van der Waals surface area contributed by atoms with Crippen molar-refractivity contribution in [3.63, 3.8) is 0 Å². The molecule has 0 saturated carbocycles. The van der Waals surface area contributed by atoms with Gasteiger partial charge in [0.2, 0.25) is 5.91 Å². The number of amides is 1. The zero-order chi connectivity index (χ0) is 14.6. The van der Waals surface area contributed by atoms with E-state index in [-0.39, 0.29) is 24.3 Å². The lowest BCUT2D eigenvalue weighted by Gasteiger charge is -2.22. The molecule has 106 valence electrons. The maximum atomic E-state index is 13.1. The Hall–Kier alpha value is -1.49. The van der Waals surface area contributed by atoms with Crippen LogP contribution in [0, 0.1) is 23.5 Å². The Labute approximate surface area is 112 Å². The molecule has 5 heteroatoms. The highest BCUT2D eigenvalue weighted by molar-refractivity contribution is 5.79. The molecule has 1 amide bonds. The Morgan fingerprint density at radius 3 is 2.37 bits per heavy atom. The van der Waals surface area contributed by atoms with Crippen molar-refractivity contribution >= 4 is 5.91 Å². The van der Waals surface area contributed by atoms with E-state index < -0.39 is 17.7 Å². The normalized spacial score (nSPS) is 14.3. The molecule has 0 bridgehead atoms. The number of benzene rings is 1. The maximum absolute atomic E-state index is 13.1. The number of rotatable bonds is 5. The second-order valence-corrected chi connectivity index (χ2v) is 4.99. The average molecular weight is 270 g/mol. The van der Waals surface area contributed by atoms with E-state index in [2.05, 4.69) is 5.32 Å². The van der Waals surface area contributed by atoms with Gasteiger partial charge in [0.15, 0.2) is 11.6 Å². The number of carbonyl (C=O) groups excluding carboxylic acids is 1. The predicted octanol–water partition coefficient (Wildman–Crippen LogP) is 2.37. The summed E-state index contributed by atoms with van der Waals surface area (Å²) in [6, 6.07) is 3.20. The molecule has 0 aliphatic heterocycles. The summed E-state index contributed by atoms with van der Waals surface area (Å²) >= 11 is 0. The minimum atomic E-state index is -0.919. The Kier molecular flexibility index (Phi) is 5.42. The molecular weight excluding hydrogens is 250 g/mol. The van der Waals surface area contributed by atoms with Gasteiger partial charge in [-0.05, 0) is 30.5 Å². The van der Waals surface area contributed by atoms with Crippen molar-refractivity contribution in [3.8, 4) is 0 Å². The van der Waals surface area contributed by atoms with E-state index in [1.807, 2.05) is 13.8 Å². The lowest BCUT2D eigenvalue weighted by molar-refractivity contribution is -0.126. The molecule has 0 saturated heterocycles. The number of nitrogens with two attached hydrogens (primary N) is 1. The zero-order valence-electron chi connectivity index (χ0n) is 11.4. The Bertz CT molecular complexity index is 449. The van der Waals surface area contributed by atoms with Gasteiger partial charge in [0.25, 0.3) is 0 Å². The fraction of sp³-hybridized carbons (Fsp3) is 0.500. The summed E-state index contributed by atoms with van der Waals surface area (Å²) < 4.78 is 26.0. The first-order chi connectivity index (χ1) is 8.86. The molecule has 0 spiro atoms. The molecule has 0 aliphatic rings. The van der Waals surface area contributed by atoms with Crippen LogP contribution in [0.2, 0.25) is 0 Å². The molecule has 1 rings (SSSR count). The highest BCUT2D eigenvalue weighted by atomic mass is 19.2. The van der Waals surface area contributed by atoms with Crippen LogP contribution in [0.25, 0.3) is 0 Å². The summed E-state index contributed by atoms with van der Waals surface area (Å²) in [4.78, 5) is 12.0. The van der Waals surface area contributed by atoms with Crippen molar-refractivity contribution in [2.75, 3.05) is 6.54 Å². The van der Waals surface area contributed by atoms with Gasteiger partial charge in [-0.15, -0.1) is 0 Å². The summed E-state index contributed by atoms with van der Waals surface area (Å²) in [6.07, 6.45) is 0. The summed E-state index contributed by atoms with van der Waals surface area (Å²) in [6.45, 7) is 5.81. The first kappa shape index (κ1) is 15.6. The smallest absolute Gasteiger partial charge is 0.225 e. The topological polar surface area (TPSA) is 55.1 Å². The van der Waals surface area contributed by atoms with Gasteiger partial charge in [0.1, 0.15) is 0 Å². The molecule has 2 atom stereocenters. The van der Waals surface area contributed by atoms with Crippen LogP contribution in [0.1, 0.15) is 32.4 Å². The second kappa shape index (κ2) is 6.61. The van der Waals surface area contributed by atoms with Gasteiger partial charge in [-0.3, -0.25) is 4.79 Å². The highest BCUT2D eigenvalue weighted by Crippen LogP contribution is 2.17. The SMILES string of the molecule is CC(NC(=O)C(CN)C(C)C)c1ccc(F)c(F)c1. The van der Waals surface area contributed by atoms with Crippen LogP contribution in [0.5, 0.6) is 0 Å². The van der Waals surface area contributed by atoms with E-state index in [9.17, 15) is 13.6 Å². The molecule has 19 heavy (non-hydrogen) atoms. The van der Waals surface area contributed by atoms with Gasteiger partial charge in [0, 0.05) is 6.54 Å². The monoisotopic (exact) mass is 270 g/mol. The molecule has 1 aromatic rings. The third-order valence-electron chi connectivity index (χ3n) is 3.20. The van der Waals surface area contributed by atoms with Gasteiger partial charge in [0.05, 0.1) is 12.0 Å². The third kappa shape index (κ3) is 3.99. The molecule has 0 aromatic heterocycles. The van der Waals surface area contributed by atoms with Crippen LogP contribution in [0.4, 0.5) is 8.78 Å². The number of hydrogen-bond acceptors (Lipinski definition) is 2. The minimum absolute atomic E-state index is 0.127. The van der Waals surface area contributed by atoms with Crippen molar-refractivity contribution in [2.24, 2.45) is 17.6 Å². The number of hydrogen-bond donors (Lipinski definition) is 2.